The number of amides is 1. The molecule has 1 amide bonds. The van der Waals surface area contributed by atoms with Gasteiger partial charge in [-0.3, -0.25) is 4.79 Å². The van der Waals surface area contributed by atoms with E-state index in [0.717, 1.165) is 6.42 Å². The molecule has 102 valence electrons. The van der Waals surface area contributed by atoms with Crippen molar-refractivity contribution in [1.29, 1.82) is 0 Å². The van der Waals surface area contributed by atoms with Crippen molar-refractivity contribution in [2.45, 2.75) is 19.8 Å². The maximum atomic E-state index is 11.9. The number of nitrogen functional groups attached to an aromatic ring is 1. The molecule has 1 rings (SSSR count). The number of para-hydroxylation sites is 2. The second-order valence-corrected chi connectivity index (χ2v) is 4.16. The Morgan fingerprint density at radius 3 is 2.84 bits per heavy atom. The van der Waals surface area contributed by atoms with Gasteiger partial charge in [0, 0.05) is 6.54 Å². The first-order valence-corrected chi connectivity index (χ1v) is 6.37. The van der Waals surface area contributed by atoms with Crippen LogP contribution in [0, 0.1) is 12.3 Å². The van der Waals surface area contributed by atoms with Gasteiger partial charge in [0.25, 0.3) is 0 Å². The van der Waals surface area contributed by atoms with E-state index in [1.165, 1.54) is 0 Å². The van der Waals surface area contributed by atoms with Crippen LogP contribution < -0.4 is 10.5 Å². The van der Waals surface area contributed by atoms with Crippen molar-refractivity contribution in [3.05, 3.63) is 24.3 Å². The highest BCUT2D eigenvalue weighted by Crippen LogP contribution is 2.19. The van der Waals surface area contributed by atoms with Crippen LogP contribution in [0.4, 0.5) is 5.69 Å². The summed E-state index contributed by atoms with van der Waals surface area (Å²) in [7, 11) is 0. The number of hydrogen-bond donors (Lipinski definition) is 1. The van der Waals surface area contributed by atoms with Gasteiger partial charge in [0.1, 0.15) is 5.75 Å². The Labute approximate surface area is 114 Å². The zero-order chi connectivity index (χ0) is 14.1. The smallest absolute Gasteiger partial charge is 0.226 e. The van der Waals surface area contributed by atoms with E-state index in [-0.39, 0.29) is 5.91 Å². The molecule has 0 aromatic heterocycles. The van der Waals surface area contributed by atoms with E-state index in [1.54, 1.807) is 17.0 Å². The van der Waals surface area contributed by atoms with Crippen LogP contribution in [0.1, 0.15) is 19.8 Å². The molecule has 2 N–H and O–H groups in total. The summed E-state index contributed by atoms with van der Waals surface area (Å²) < 4.78 is 5.49. The van der Waals surface area contributed by atoms with Crippen LogP contribution in [-0.4, -0.2) is 30.5 Å². The first-order valence-electron chi connectivity index (χ1n) is 6.37. The Kier molecular flexibility index (Phi) is 6.31. The van der Waals surface area contributed by atoms with Crippen LogP contribution >= 0.6 is 0 Å². The lowest BCUT2D eigenvalue weighted by atomic mass is 10.3. The predicted octanol–water partition coefficient (Wildman–Crippen LogP) is 1.91. The lowest BCUT2D eigenvalue weighted by Gasteiger charge is -2.19. The van der Waals surface area contributed by atoms with Crippen molar-refractivity contribution in [2.75, 3.05) is 25.4 Å². The van der Waals surface area contributed by atoms with E-state index in [9.17, 15) is 4.79 Å². The molecule has 0 radical (unpaired) electrons. The maximum Gasteiger partial charge on any atom is 0.226 e. The minimum atomic E-state index is 0.00861. The fraction of sp³-hybridized carbons (Fsp3) is 0.400. The molecule has 0 aliphatic carbocycles. The van der Waals surface area contributed by atoms with Crippen molar-refractivity contribution >= 4 is 11.6 Å². The van der Waals surface area contributed by atoms with Crippen molar-refractivity contribution in [3.63, 3.8) is 0 Å². The van der Waals surface area contributed by atoms with Crippen molar-refractivity contribution in [1.82, 2.24) is 4.90 Å². The van der Waals surface area contributed by atoms with Crippen molar-refractivity contribution in [2.24, 2.45) is 0 Å². The van der Waals surface area contributed by atoms with Crippen LogP contribution in [0.3, 0.4) is 0 Å². The molecule has 19 heavy (non-hydrogen) atoms. The summed E-state index contributed by atoms with van der Waals surface area (Å²) in [6, 6.07) is 7.22. The first kappa shape index (κ1) is 14.9. The van der Waals surface area contributed by atoms with Gasteiger partial charge in [-0.2, -0.15) is 0 Å². The normalized spacial score (nSPS) is 9.68. The number of benzene rings is 1. The summed E-state index contributed by atoms with van der Waals surface area (Å²) >= 11 is 0. The van der Waals surface area contributed by atoms with Crippen LogP contribution in [0.15, 0.2) is 24.3 Å². The van der Waals surface area contributed by atoms with Crippen LogP contribution in [0.5, 0.6) is 5.75 Å². The second kappa shape index (κ2) is 8.04. The van der Waals surface area contributed by atoms with Gasteiger partial charge in [-0.05, 0) is 18.6 Å². The summed E-state index contributed by atoms with van der Waals surface area (Å²) in [4.78, 5) is 13.6. The van der Waals surface area contributed by atoms with Crippen LogP contribution in [0.25, 0.3) is 0 Å². The quantitative estimate of drug-likeness (QED) is 0.602. The third-order valence-corrected chi connectivity index (χ3v) is 2.62. The summed E-state index contributed by atoms with van der Waals surface area (Å²) in [5, 5.41) is 0. The largest absolute Gasteiger partial charge is 0.491 e. The van der Waals surface area contributed by atoms with Gasteiger partial charge in [0.2, 0.25) is 5.91 Å². The molecule has 1 aromatic carbocycles. The Morgan fingerprint density at radius 1 is 1.47 bits per heavy atom. The predicted molar refractivity (Wildman–Crippen MR) is 76.7 cm³/mol. The molecule has 0 aliphatic heterocycles. The summed E-state index contributed by atoms with van der Waals surface area (Å²) in [5.74, 6) is 3.11. The molecule has 0 unspecified atom stereocenters. The number of hydrogen-bond acceptors (Lipinski definition) is 3. The molecular formula is C15H20N2O2. The van der Waals surface area contributed by atoms with E-state index in [4.69, 9.17) is 16.9 Å². The molecule has 0 fully saturated rings. The van der Waals surface area contributed by atoms with E-state index in [2.05, 4.69) is 5.92 Å². The Hall–Kier alpha value is -2.15. The van der Waals surface area contributed by atoms with Gasteiger partial charge in [0.05, 0.1) is 25.3 Å². The third kappa shape index (κ3) is 4.92. The fourth-order valence-electron chi connectivity index (χ4n) is 1.69. The fourth-order valence-corrected chi connectivity index (χ4v) is 1.69. The van der Waals surface area contributed by atoms with Gasteiger partial charge in [0.15, 0.2) is 0 Å². The molecule has 0 heterocycles. The number of rotatable bonds is 7. The summed E-state index contributed by atoms with van der Waals surface area (Å²) in [5.41, 5.74) is 6.32. The molecular weight excluding hydrogens is 240 g/mol. The Bertz CT molecular complexity index is 452. The van der Waals surface area contributed by atoms with Crippen molar-refractivity contribution < 1.29 is 9.53 Å². The Balaban J connectivity index is 2.42. The van der Waals surface area contributed by atoms with E-state index >= 15 is 0 Å². The zero-order valence-electron chi connectivity index (χ0n) is 11.3. The molecule has 0 spiro atoms. The molecule has 0 saturated carbocycles. The second-order valence-electron chi connectivity index (χ2n) is 4.16. The number of anilines is 1. The summed E-state index contributed by atoms with van der Waals surface area (Å²) in [6.45, 7) is 3.34. The lowest BCUT2D eigenvalue weighted by Crippen LogP contribution is -2.33. The highest BCUT2D eigenvalue weighted by atomic mass is 16.5. The minimum absolute atomic E-state index is 0.00861. The van der Waals surface area contributed by atoms with Gasteiger partial charge >= 0.3 is 0 Å². The Morgan fingerprint density at radius 2 is 2.21 bits per heavy atom. The van der Waals surface area contributed by atoms with Crippen LogP contribution in [-0.2, 0) is 4.79 Å². The number of carbonyl (C=O) groups excluding carboxylic acids is 1. The standard InChI is InChI=1S/C15H20N2O2/c1-3-10-17(11-4-2)15(18)9-12-19-14-8-6-5-7-13(14)16/h1,5-8H,4,9-12,16H2,2H3. The number of nitrogens with two attached hydrogens (primary N) is 1. The van der Waals surface area contributed by atoms with E-state index in [1.807, 2.05) is 19.1 Å². The molecule has 4 heteroatoms. The van der Waals surface area contributed by atoms with E-state index in [0.29, 0.717) is 37.6 Å². The van der Waals surface area contributed by atoms with Gasteiger partial charge in [-0.1, -0.05) is 25.0 Å². The zero-order valence-corrected chi connectivity index (χ0v) is 11.3. The average molecular weight is 260 g/mol. The number of nitrogens with zero attached hydrogens (tertiary/aromatic N) is 1. The molecule has 0 aliphatic rings. The number of carbonyl (C=O) groups is 1. The van der Waals surface area contributed by atoms with Gasteiger partial charge in [-0.25, -0.2) is 0 Å². The lowest BCUT2D eigenvalue weighted by molar-refractivity contribution is -0.131. The highest BCUT2D eigenvalue weighted by molar-refractivity contribution is 5.76. The van der Waals surface area contributed by atoms with E-state index < -0.39 is 0 Å². The van der Waals surface area contributed by atoms with Crippen LogP contribution in [0.2, 0.25) is 0 Å². The molecule has 1 aromatic rings. The minimum Gasteiger partial charge on any atom is -0.491 e. The maximum absolute atomic E-state index is 11.9. The third-order valence-electron chi connectivity index (χ3n) is 2.62. The van der Waals surface area contributed by atoms with Gasteiger partial charge in [-0.15, -0.1) is 6.42 Å². The SMILES string of the molecule is C#CCN(CCC)C(=O)CCOc1ccccc1N. The summed E-state index contributed by atoms with van der Waals surface area (Å²) in [6.07, 6.45) is 6.44. The molecule has 0 bridgehead atoms. The molecule has 4 nitrogen and oxygen atoms in total. The molecule has 0 atom stereocenters. The topological polar surface area (TPSA) is 55.6 Å². The number of terminal acetylenes is 1. The number of ether oxygens (including phenoxy) is 1. The first-order chi connectivity index (χ1) is 9.19. The van der Waals surface area contributed by atoms with Crippen molar-refractivity contribution in [3.8, 4) is 18.1 Å². The highest BCUT2D eigenvalue weighted by Gasteiger charge is 2.11. The molecule has 0 saturated heterocycles. The average Bonchev–Trinajstić information content (AvgIpc) is 2.40. The monoisotopic (exact) mass is 260 g/mol. The van der Waals surface area contributed by atoms with Gasteiger partial charge < -0.3 is 15.4 Å².